The van der Waals surface area contributed by atoms with Crippen molar-refractivity contribution in [3.05, 3.63) is 28.6 Å². The molecule has 8 heteroatoms. The third-order valence-electron chi connectivity index (χ3n) is 5.57. The molecule has 1 aromatic rings. The van der Waals surface area contributed by atoms with Gasteiger partial charge in [-0.3, -0.25) is 10.1 Å². The number of nitrogens with one attached hydrogen (secondary N) is 2. The van der Waals surface area contributed by atoms with Gasteiger partial charge in [-0.15, -0.1) is 0 Å². The number of amides is 3. The molecular weight excluding hydrogens is 396 g/mol. The van der Waals surface area contributed by atoms with Crippen molar-refractivity contribution in [1.82, 2.24) is 15.2 Å². The molecule has 31 heavy (non-hydrogen) atoms. The largest absolute Gasteiger partial charge is 0.448 e. The van der Waals surface area contributed by atoms with E-state index in [2.05, 4.69) is 22.1 Å². The van der Waals surface area contributed by atoms with Crippen LogP contribution in [0.2, 0.25) is 0 Å². The summed E-state index contributed by atoms with van der Waals surface area (Å²) in [5.41, 5.74) is 2.56. The molecule has 0 saturated heterocycles. The molecule has 3 amide bonds. The maximum Gasteiger partial charge on any atom is 0.349 e. The first kappa shape index (κ1) is 24.2. The Bertz CT molecular complexity index is 888. The van der Waals surface area contributed by atoms with Crippen LogP contribution in [-0.4, -0.2) is 34.6 Å². The molecular formula is C23H32N4O4. The molecule has 1 aromatic heterocycles. The Labute approximate surface area is 183 Å². The van der Waals surface area contributed by atoms with Gasteiger partial charge >= 0.3 is 12.0 Å². The van der Waals surface area contributed by atoms with Crippen LogP contribution >= 0.6 is 0 Å². The van der Waals surface area contributed by atoms with Crippen molar-refractivity contribution in [2.24, 2.45) is 0 Å². The summed E-state index contributed by atoms with van der Waals surface area (Å²) >= 11 is 0. The summed E-state index contributed by atoms with van der Waals surface area (Å²) in [7, 11) is 0. The van der Waals surface area contributed by atoms with Gasteiger partial charge in [0.1, 0.15) is 11.6 Å². The van der Waals surface area contributed by atoms with E-state index in [9.17, 15) is 19.6 Å². The molecule has 0 unspecified atom stereocenters. The van der Waals surface area contributed by atoms with E-state index >= 15 is 0 Å². The van der Waals surface area contributed by atoms with Crippen LogP contribution in [-0.2, 0) is 20.9 Å². The molecule has 1 atom stereocenters. The van der Waals surface area contributed by atoms with E-state index in [-0.39, 0.29) is 11.6 Å². The minimum Gasteiger partial charge on any atom is -0.448 e. The van der Waals surface area contributed by atoms with Gasteiger partial charge in [0.2, 0.25) is 0 Å². The zero-order valence-electron chi connectivity index (χ0n) is 18.8. The average Bonchev–Trinajstić information content (AvgIpc) is 3.32. The lowest BCUT2D eigenvalue weighted by molar-refractivity contribution is -0.150. The Morgan fingerprint density at radius 1 is 1.32 bits per heavy atom. The lowest BCUT2D eigenvalue weighted by Crippen LogP contribution is -2.47. The molecule has 0 radical (unpaired) electrons. The molecule has 1 heterocycles. The number of carbonyl (C=O) groups is 3. The highest BCUT2D eigenvalue weighted by molar-refractivity contribution is 6.01. The standard InChI is InChI=1S/C23H32N4O4/c1-5-6-11-27-15(2)12-18(16(27)3)13-19(14-24)22(29)31-17(4)21(28)26-23(30)25-20-9-7-8-10-20/h12-13,17,20H,5-11H2,1-4H3,(H2,25,26,28,30)/b19-13+/t17-/m1/s1. The van der Waals surface area contributed by atoms with Crippen LogP contribution in [0.5, 0.6) is 0 Å². The van der Waals surface area contributed by atoms with E-state index in [0.717, 1.165) is 62.0 Å². The van der Waals surface area contributed by atoms with Gasteiger partial charge in [-0.25, -0.2) is 9.59 Å². The Morgan fingerprint density at radius 2 is 2.00 bits per heavy atom. The molecule has 2 rings (SSSR count). The first-order chi connectivity index (χ1) is 14.8. The second-order valence-electron chi connectivity index (χ2n) is 7.99. The number of aromatic nitrogens is 1. The molecule has 1 aliphatic carbocycles. The minimum atomic E-state index is -1.21. The normalized spacial score (nSPS) is 15.3. The number of nitrogens with zero attached hydrogens (tertiary/aromatic N) is 2. The topological polar surface area (TPSA) is 113 Å². The van der Waals surface area contributed by atoms with Crippen LogP contribution in [0.15, 0.2) is 11.6 Å². The number of urea groups is 1. The van der Waals surface area contributed by atoms with Crippen molar-refractivity contribution < 1.29 is 19.1 Å². The number of esters is 1. The summed E-state index contributed by atoms with van der Waals surface area (Å²) in [6.45, 7) is 8.27. The first-order valence-electron chi connectivity index (χ1n) is 10.9. The highest BCUT2D eigenvalue weighted by Gasteiger charge is 2.24. The van der Waals surface area contributed by atoms with E-state index < -0.39 is 24.0 Å². The smallest absolute Gasteiger partial charge is 0.349 e. The number of ether oxygens (including phenoxy) is 1. The third kappa shape index (κ3) is 6.71. The fourth-order valence-electron chi connectivity index (χ4n) is 3.71. The van der Waals surface area contributed by atoms with Crippen LogP contribution in [0.3, 0.4) is 0 Å². The van der Waals surface area contributed by atoms with E-state index in [1.807, 2.05) is 26.0 Å². The molecule has 0 aliphatic heterocycles. The van der Waals surface area contributed by atoms with Gasteiger partial charge < -0.3 is 14.6 Å². The highest BCUT2D eigenvalue weighted by Crippen LogP contribution is 2.20. The van der Waals surface area contributed by atoms with Gasteiger partial charge in [0, 0.05) is 24.0 Å². The molecule has 0 bridgehead atoms. The van der Waals surface area contributed by atoms with E-state index in [0.29, 0.717) is 0 Å². The summed E-state index contributed by atoms with van der Waals surface area (Å²) in [5, 5.41) is 14.4. The van der Waals surface area contributed by atoms with Crippen molar-refractivity contribution in [2.75, 3.05) is 0 Å². The number of nitriles is 1. The number of rotatable bonds is 8. The number of aryl methyl sites for hydroxylation is 1. The van der Waals surface area contributed by atoms with Crippen molar-refractivity contribution in [2.45, 2.75) is 84.9 Å². The molecule has 1 aliphatic rings. The predicted molar refractivity (Wildman–Crippen MR) is 117 cm³/mol. The molecule has 168 valence electrons. The van der Waals surface area contributed by atoms with Crippen LogP contribution in [0.1, 0.15) is 69.3 Å². The fourth-order valence-corrected chi connectivity index (χ4v) is 3.71. The SMILES string of the molecule is CCCCn1c(C)cc(/C=C(\C#N)C(=O)O[C@H](C)C(=O)NC(=O)NC2CCCC2)c1C. The molecule has 1 fully saturated rings. The quantitative estimate of drug-likeness (QED) is 0.374. The molecule has 2 N–H and O–H groups in total. The van der Waals surface area contributed by atoms with E-state index in [4.69, 9.17) is 4.74 Å². The van der Waals surface area contributed by atoms with Crippen LogP contribution in [0, 0.1) is 25.2 Å². The van der Waals surface area contributed by atoms with Gasteiger partial charge in [-0.1, -0.05) is 26.2 Å². The number of carbonyl (C=O) groups excluding carboxylic acids is 3. The molecule has 0 spiro atoms. The van der Waals surface area contributed by atoms with Crippen molar-refractivity contribution >= 4 is 24.0 Å². The Kier molecular flexibility index (Phi) is 8.86. The number of unbranched alkanes of at least 4 members (excludes halogenated alkanes) is 1. The van der Waals surface area contributed by atoms with Crippen molar-refractivity contribution in [3.8, 4) is 6.07 Å². The molecule has 8 nitrogen and oxygen atoms in total. The summed E-state index contributed by atoms with van der Waals surface area (Å²) in [5.74, 6) is -1.64. The maximum absolute atomic E-state index is 12.4. The first-order valence-corrected chi connectivity index (χ1v) is 10.9. The van der Waals surface area contributed by atoms with Gasteiger partial charge in [-0.2, -0.15) is 5.26 Å². The molecule has 1 saturated carbocycles. The zero-order chi connectivity index (χ0) is 23.0. The number of hydrogen-bond donors (Lipinski definition) is 2. The summed E-state index contributed by atoms with van der Waals surface area (Å²) in [6.07, 6.45) is 6.25. The van der Waals surface area contributed by atoms with Gasteiger partial charge in [0.25, 0.3) is 5.91 Å². The second-order valence-corrected chi connectivity index (χ2v) is 7.99. The highest BCUT2D eigenvalue weighted by atomic mass is 16.5. The lowest BCUT2D eigenvalue weighted by atomic mass is 10.1. The predicted octanol–water partition coefficient (Wildman–Crippen LogP) is 3.51. The van der Waals surface area contributed by atoms with Gasteiger partial charge in [0.05, 0.1) is 0 Å². The lowest BCUT2D eigenvalue weighted by Gasteiger charge is -2.15. The zero-order valence-corrected chi connectivity index (χ0v) is 18.8. The Hall–Kier alpha value is -3.08. The van der Waals surface area contributed by atoms with E-state index in [1.54, 1.807) is 0 Å². The van der Waals surface area contributed by atoms with Crippen LogP contribution < -0.4 is 10.6 Å². The van der Waals surface area contributed by atoms with Gasteiger partial charge in [0.15, 0.2) is 6.10 Å². The van der Waals surface area contributed by atoms with Crippen LogP contribution in [0.4, 0.5) is 4.79 Å². The molecule has 0 aromatic carbocycles. The second kappa shape index (κ2) is 11.3. The monoisotopic (exact) mass is 428 g/mol. The van der Waals surface area contributed by atoms with Crippen molar-refractivity contribution in [3.63, 3.8) is 0 Å². The summed E-state index contributed by atoms with van der Waals surface area (Å²) < 4.78 is 7.27. The summed E-state index contributed by atoms with van der Waals surface area (Å²) in [6, 6.07) is 3.23. The summed E-state index contributed by atoms with van der Waals surface area (Å²) in [4.78, 5) is 36.5. The van der Waals surface area contributed by atoms with Crippen LogP contribution in [0.25, 0.3) is 6.08 Å². The number of hydrogen-bond acceptors (Lipinski definition) is 5. The maximum atomic E-state index is 12.4. The van der Waals surface area contributed by atoms with Gasteiger partial charge in [-0.05, 0) is 57.7 Å². The Morgan fingerprint density at radius 3 is 2.61 bits per heavy atom. The van der Waals surface area contributed by atoms with Crippen molar-refractivity contribution in [1.29, 1.82) is 5.26 Å². The Balaban J connectivity index is 1.99. The number of imide groups is 1. The average molecular weight is 429 g/mol. The third-order valence-corrected chi connectivity index (χ3v) is 5.57. The minimum absolute atomic E-state index is 0.0649. The van der Waals surface area contributed by atoms with E-state index in [1.165, 1.54) is 13.0 Å². The fraction of sp³-hybridized carbons (Fsp3) is 0.565.